The Balaban J connectivity index is 1.72. The predicted molar refractivity (Wildman–Crippen MR) is 102 cm³/mol. The van der Waals surface area contributed by atoms with Gasteiger partial charge in [0.25, 0.3) is 0 Å². The summed E-state index contributed by atoms with van der Waals surface area (Å²) in [5, 5.41) is 0. The van der Waals surface area contributed by atoms with E-state index in [1.165, 1.54) is 26.2 Å². The van der Waals surface area contributed by atoms with Gasteiger partial charge in [0.15, 0.2) is 0 Å². The Morgan fingerprint density at radius 1 is 1.18 bits per heavy atom. The second-order valence-corrected chi connectivity index (χ2v) is 9.37. The topological polar surface area (TPSA) is 78.0 Å². The lowest BCUT2D eigenvalue weighted by molar-refractivity contribution is -0.156. The molecular weight excluding hydrogens is 385 g/mol. The summed E-state index contributed by atoms with van der Waals surface area (Å²) in [4.78, 5) is 28.5. The third kappa shape index (κ3) is 4.52. The van der Waals surface area contributed by atoms with E-state index in [0.717, 1.165) is 6.42 Å². The first-order valence-corrected chi connectivity index (χ1v) is 11.2. The van der Waals surface area contributed by atoms with Gasteiger partial charge < -0.3 is 9.80 Å². The summed E-state index contributed by atoms with van der Waals surface area (Å²) in [6, 6.07) is 5.29. The van der Waals surface area contributed by atoms with Gasteiger partial charge in [-0.05, 0) is 30.5 Å². The molecule has 0 aromatic heterocycles. The third-order valence-corrected chi connectivity index (χ3v) is 7.23. The van der Waals surface area contributed by atoms with Crippen molar-refractivity contribution >= 4 is 21.8 Å². The van der Waals surface area contributed by atoms with Gasteiger partial charge in [-0.2, -0.15) is 0 Å². The lowest BCUT2D eigenvalue weighted by atomic mass is 10.1. The molecule has 1 aromatic carbocycles. The summed E-state index contributed by atoms with van der Waals surface area (Å²) >= 11 is 0. The van der Waals surface area contributed by atoms with Crippen molar-refractivity contribution in [2.24, 2.45) is 0 Å². The molecule has 2 aliphatic heterocycles. The molecule has 7 nitrogen and oxygen atoms in total. The number of nitrogens with zero attached hydrogens (tertiary/aromatic N) is 3. The second kappa shape index (κ2) is 8.57. The number of carbonyl (C=O) groups is 2. The molecule has 2 aliphatic rings. The van der Waals surface area contributed by atoms with E-state index in [2.05, 4.69) is 0 Å². The molecule has 0 radical (unpaired) electrons. The highest BCUT2D eigenvalue weighted by Crippen LogP contribution is 2.22. The minimum Gasteiger partial charge on any atom is -0.328 e. The molecule has 1 aromatic rings. The van der Waals surface area contributed by atoms with Gasteiger partial charge in [-0.15, -0.1) is 0 Å². The van der Waals surface area contributed by atoms with Crippen LogP contribution in [-0.2, 0) is 26.2 Å². The van der Waals surface area contributed by atoms with Crippen LogP contribution in [0.2, 0.25) is 0 Å². The first kappa shape index (κ1) is 20.7. The molecule has 0 bridgehead atoms. The summed E-state index contributed by atoms with van der Waals surface area (Å²) in [6.07, 6.45) is 1.65. The SMILES string of the molecule is CCCCS(=O)(=O)N1CCC2C(=O)N(Cc3cccc(F)c3)CC(=O)N2CC1. The van der Waals surface area contributed by atoms with Crippen LogP contribution in [0.25, 0.3) is 0 Å². The minimum absolute atomic E-state index is 0.0750. The Hall–Kier alpha value is -2.00. The van der Waals surface area contributed by atoms with Gasteiger partial charge in [0.1, 0.15) is 18.4 Å². The fraction of sp³-hybridized carbons (Fsp3) is 0.579. The smallest absolute Gasteiger partial charge is 0.246 e. The molecule has 2 amide bonds. The molecule has 2 saturated heterocycles. The van der Waals surface area contributed by atoms with Crippen LogP contribution < -0.4 is 0 Å². The zero-order valence-corrected chi connectivity index (χ0v) is 16.8. The van der Waals surface area contributed by atoms with Crippen LogP contribution in [0.5, 0.6) is 0 Å². The molecule has 3 rings (SSSR count). The van der Waals surface area contributed by atoms with Crippen molar-refractivity contribution in [3.05, 3.63) is 35.6 Å². The highest BCUT2D eigenvalue weighted by atomic mass is 32.2. The van der Waals surface area contributed by atoms with Crippen LogP contribution in [0.1, 0.15) is 31.7 Å². The van der Waals surface area contributed by atoms with E-state index in [9.17, 15) is 22.4 Å². The van der Waals surface area contributed by atoms with E-state index in [-0.39, 0.29) is 56.7 Å². The van der Waals surface area contributed by atoms with Crippen molar-refractivity contribution < 1.29 is 22.4 Å². The highest BCUT2D eigenvalue weighted by molar-refractivity contribution is 7.89. The second-order valence-electron chi connectivity index (χ2n) is 7.28. The molecule has 0 saturated carbocycles. The highest BCUT2D eigenvalue weighted by Gasteiger charge is 2.41. The molecule has 0 N–H and O–H groups in total. The van der Waals surface area contributed by atoms with Crippen LogP contribution in [-0.4, -0.2) is 72.3 Å². The van der Waals surface area contributed by atoms with Crippen LogP contribution in [0.15, 0.2) is 24.3 Å². The predicted octanol–water partition coefficient (Wildman–Crippen LogP) is 1.20. The lowest BCUT2D eigenvalue weighted by Crippen LogP contribution is -2.59. The first-order chi connectivity index (χ1) is 13.3. The minimum atomic E-state index is -3.38. The number of fused-ring (bicyclic) bond motifs is 1. The van der Waals surface area contributed by atoms with Gasteiger partial charge in [0.2, 0.25) is 21.8 Å². The Morgan fingerprint density at radius 3 is 2.68 bits per heavy atom. The van der Waals surface area contributed by atoms with Gasteiger partial charge in [0, 0.05) is 26.2 Å². The standard InChI is InChI=1S/C19H26FN3O4S/c1-2-3-11-28(26,27)22-8-7-17-19(25)21(14-18(24)23(17)10-9-22)13-15-5-4-6-16(20)12-15/h4-6,12,17H,2-3,7-11,13-14H2,1H3. The normalized spacial score (nSPS) is 21.6. The quantitative estimate of drug-likeness (QED) is 0.705. The van der Waals surface area contributed by atoms with Crippen molar-refractivity contribution in [2.45, 2.75) is 38.8 Å². The number of hydrogen-bond donors (Lipinski definition) is 0. The number of sulfonamides is 1. The van der Waals surface area contributed by atoms with Crippen molar-refractivity contribution in [1.82, 2.24) is 14.1 Å². The average Bonchev–Trinajstić information content (AvgIpc) is 2.88. The summed E-state index contributed by atoms with van der Waals surface area (Å²) < 4.78 is 39.8. The number of unbranched alkanes of at least 4 members (excludes halogenated alkanes) is 1. The van der Waals surface area contributed by atoms with E-state index < -0.39 is 21.9 Å². The van der Waals surface area contributed by atoms with E-state index in [1.807, 2.05) is 6.92 Å². The number of piperazine rings is 1. The molecular formula is C19H26FN3O4S. The lowest BCUT2D eigenvalue weighted by Gasteiger charge is -2.39. The van der Waals surface area contributed by atoms with Gasteiger partial charge in [-0.3, -0.25) is 9.59 Å². The van der Waals surface area contributed by atoms with Gasteiger partial charge in [0.05, 0.1) is 5.75 Å². The number of carbonyl (C=O) groups excluding carboxylic acids is 2. The van der Waals surface area contributed by atoms with Crippen LogP contribution in [0.3, 0.4) is 0 Å². The Bertz CT molecular complexity index is 845. The zero-order valence-electron chi connectivity index (χ0n) is 16.0. The fourth-order valence-electron chi connectivity index (χ4n) is 3.73. The summed E-state index contributed by atoms with van der Waals surface area (Å²) in [5.74, 6) is -0.718. The summed E-state index contributed by atoms with van der Waals surface area (Å²) in [5.41, 5.74) is 0.618. The maximum absolute atomic E-state index is 13.4. The monoisotopic (exact) mass is 411 g/mol. The maximum Gasteiger partial charge on any atom is 0.246 e. The number of benzene rings is 1. The van der Waals surface area contributed by atoms with Crippen LogP contribution in [0.4, 0.5) is 4.39 Å². The summed E-state index contributed by atoms with van der Waals surface area (Å²) in [7, 11) is -3.38. The number of amides is 2. The molecule has 0 aliphatic carbocycles. The van der Waals surface area contributed by atoms with Crippen LogP contribution in [0, 0.1) is 5.82 Å². The molecule has 1 atom stereocenters. The Labute approximate surface area is 165 Å². The van der Waals surface area contributed by atoms with E-state index >= 15 is 0 Å². The maximum atomic E-state index is 13.4. The van der Waals surface area contributed by atoms with Crippen molar-refractivity contribution in [2.75, 3.05) is 31.9 Å². The Kier molecular flexibility index (Phi) is 6.34. The largest absolute Gasteiger partial charge is 0.328 e. The van der Waals surface area contributed by atoms with E-state index in [1.54, 1.807) is 12.1 Å². The van der Waals surface area contributed by atoms with Crippen molar-refractivity contribution in [3.63, 3.8) is 0 Å². The van der Waals surface area contributed by atoms with Gasteiger partial charge in [-0.25, -0.2) is 17.1 Å². The summed E-state index contributed by atoms with van der Waals surface area (Å²) in [6.45, 7) is 2.67. The van der Waals surface area contributed by atoms with Gasteiger partial charge in [-0.1, -0.05) is 25.5 Å². The fourth-order valence-corrected chi connectivity index (χ4v) is 5.39. The average molecular weight is 411 g/mol. The number of rotatable bonds is 6. The molecule has 9 heteroatoms. The van der Waals surface area contributed by atoms with Gasteiger partial charge >= 0.3 is 0 Å². The molecule has 154 valence electrons. The first-order valence-electron chi connectivity index (χ1n) is 9.62. The number of hydrogen-bond acceptors (Lipinski definition) is 4. The molecule has 2 heterocycles. The number of halogens is 1. The van der Waals surface area contributed by atoms with E-state index in [0.29, 0.717) is 12.0 Å². The van der Waals surface area contributed by atoms with Crippen molar-refractivity contribution in [3.8, 4) is 0 Å². The molecule has 1 unspecified atom stereocenters. The molecule has 2 fully saturated rings. The van der Waals surface area contributed by atoms with Crippen LogP contribution >= 0.6 is 0 Å². The molecule has 28 heavy (non-hydrogen) atoms. The van der Waals surface area contributed by atoms with E-state index in [4.69, 9.17) is 0 Å². The van der Waals surface area contributed by atoms with Crippen molar-refractivity contribution in [1.29, 1.82) is 0 Å². The molecule has 0 spiro atoms. The Morgan fingerprint density at radius 2 is 1.96 bits per heavy atom. The zero-order chi connectivity index (χ0) is 20.3. The third-order valence-electron chi connectivity index (χ3n) is 5.27.